The molecule has 1 aliphatic rings. The molecule has 96 valence electrons. The first-order valence-electron chi connectivity index (χ1n) is 6.39. The van der Waals surface area contributed by atoms with Crippen molar-refractivity contribution in [3.05, 3.63) is 53.9 Å². The molecule has 0 fully saturated rings. The molecule has 2 heterocycles. The number of pyridine rings is 1. The van der Waals surface area contributed by atoms with Crippen molar-refractivity contribution >= 4 is 17.8 Å². The van der Waals surface area contributed by atoms with Crippen LogP contribution in [-0.4, -0.2) is 25.2 Å². The van der Waals surface area contributed by atoms with E-state index in [1.807, 2.05) is 12.1 Å². The lowest BCUT2D eigenvalue weighted by atomic mass is 10.1. The molecule has 0 aliphatic carbocycles. The van der Waals surface area contributed by atoms with E-state index in [4.69, 9.17) is 4.74 Å². The second-order valence-corrected chi connectivity index (χ2v) is 4.61. The first-order chi connectivity index (χ1) is 9.33. The van der Waals surface area contributed by atoms with Crippen LogP contribution in [0.15, 0.2) is 42.7 Å². The van der Waals surface area contributed by atoms with Gasteiger partial charge in [0.1, 0.15) is 12.4 Å². The van der Waals surface area contributed by atoms with Gasteiger partial charge in [0.2, 0.25) is 0 Å². The van der Waals surface area contributed by atoms with E-state index in [0.717, 1.165) is 35.7 Å². The standard InChI is InChI=1S/C16H16N2O/c1-18-10-11-19-16-12-14(4-5-15(16)18)3-2-13-6-8-17-9-7-13/h2-9,12H,10-11H2,1H3/b3-2+. The molecule has 0 unspecified atom stereocenters. The summed E-state index contributed by atoms with van der Waals surface area (Å²) >= 11 is 0. The highest BCUT2D eigenvalue weighted by atomic mass is 16.5. The molecule has 0 atom stereocenters. The van der Waals surface area contributed by atoms with E-state index in [9.17, 15) is 0 Å². The number of anilines is 1. The fourth-order valence-corrected chi connectivity index (χ4v) is 2.15. The molecule has 2 aromatic rings. The maximum Gasteiger partial charge on any atom is 0.143 e. The number of likely N-dealkylation sites (N-methyl/N-ethyl adjacent to an activating group) is 1. The Labute approximate surface area is 113 Å². The van der Waals surface area contributed by atoms with Crippen molar-refractivity contribution in [1.29, 1.82) is 0 Å². The summed E-state index contributed by atoms with van der Waals surface area (Å²) in [6.07, 6.45) is 7.76. The summed E-state index contributed by atoms with van der Waals surface area (Å²) in [6, 6.07) is 10.3. The lowest BCUT2D eigenvalue weighted by molar-refractivity contribution is 0.311. The molecule has 0 saturated heterocycles. The minimum absolute atomic E-state index is 0.751. The second kappa shape index (κ2) is 5.14. The Hall–Kier alpha value is -2.29. The van der Waals surface area contributed by atoms with Crippen molar-refractivity contribution < 1.29 is 4.74 Å². The van der Waals surface area contributed by atoms with Crippen LogP contribution in [0.5, 0.6) is 5.75 Å². The third kappa shape index (κ3) is 2.60. The zero-order valence-electron chi connectivity index (χ0n) is 10.9. The highest BCUT2D eigenvalue weighted by Gasteiger charge is 2.14. The molecular formula is C16H16N2O. The third-order valence-corrected chi connectivity index (χ3v) is 3.25. The molecule has 0 bridgehead atoms. The SMILES string of the molecule is CN1CCOc2cc(/C=C/c3ccncc3)ccc21. The number of fused-ring (bicyclic) bond motifs is 1. The molecule has 0 amide bonds. The predicted molar refractivity (Wildman–Crippen MR) is 78.4 cm³/mol. The predicted octanol–water partition coefficient (Wildman–Crippen LogP) is 3.08. The van der Waals surface area contributed by atoms with Crippen LogP contribution < -0.4 is 9.64 Å². The number of hydrogen-bond acceptors (Lipinski definition) is 3. The van der Waals surface area contributed by atoms with Crippen molar-refractivity contribution in [1.82, 2.24) is 4.98 Å². The summed E-state index contributed by atoms with van der Waals surface area (Å²) < 4.78 is 5.70. The summed E-state index contributed by atoms with van der Waals surface area (Å²) in [6.45, 7) is 1.69. The minimum atomic E-state index is 0.751. The van der Waals surface area contributed by atoms with Crippen molar-refractivity contribution in [2.45, 2.75) is 0 Å². The average molecular weight is 252 g/mol. The molecule has 1 aliphatic heterocycles. The van der Waals surface area contributed by atoms with Crippen LogP contribution in [0.3, 0.4) is 0 Å². The zero-order valence-corrected chi connectivity index (χ0v) is 10.9. The fraction of sp³-hybridized carbons (Fsp3) is 0.188. The molecule has 1 aromatic carbocycles. The summed E-state index contributed by atoms with van der Waals surface area (Å²) in [4.78, 5) is 6.22. The Balaban J connectivity index is 1.85. The molecule has 3 heteroatoms. The van der Waals surface area contributed by atoms with Gasteiger partial charge in [-0.3, -0.25) is 4.98 Å². The van der Waals surface area contributed by atoms with Gasteiger partial charge in [0.05, 0.1) is 12.2 Å². The smallest absolute Gasteiger partial charge is 0.143 e. The molecule has 1 aromatic heterocycles. The highest BCUT2D eigenvalue weighted by Crippen LogP contribution is 2.31. The van der Waals surface area contributed by atoms with Gasteiger partial charge >= 0.3 is 0 Å². The zero-order chi connectivity index (χ0) is 13.1. The van der Waals surface area contributed by atoms with Crippen molar-refractivity contribution in [3.63, 3.8) is 0 Å². The van der Waals surface area contributed by atoms with E-state index in [0.29, 0.717) is 0 Å². The maximum atomic E-state index is 5.70. The van der Waals surface area contributed by atoms with E-state index in [2.05, 4.69) is 47.3 Å². The Morgan fingerprint density at radius 3 is 2.74 bits per heavy atom. The van der Waals surface area contributed by atoms with Crippen LogP contribution in [0.4, 0.5) is 5.69 Å². The summed E-state index contributed by atoms with van der Waals surface area (Å²) in [5.74, 6) is 0.964. The van der Waals surface area contributed by atoms with E-state index in [1.54, 1.807) is 12.4 Å². The van der Waals surface area contributed by atoms with Crippen molar-refractivity contribution in [2.75, 3.05) is 25.1 Å². The Bertz CT molecular complexity index is 593. The first-order valence-corrected chi connectivity index (χ1v) is 6.39. The monoisotopic (exact) mass is 252 g/mol. The molecule has 19 heavy (non-hydrogen) atoms. The molecule has 0 spiro atoms. The van der Waals surface area contributed by atoms with E-state index < -0.39 is 0 Å². The van der Waals surface area contributed by atoms with Crippen molar-refractivity contribution in [3.8, 4) is 5.75 Å². The van der Waals surface area contributed by atoms with E-state index in [-0.39, 0.29) is 0 Å². The van der Waals surface area contributed by atoms with Crippen molar-refractivity contribution in [2.24, 2.45) is 0 Å². The molecule has 3 rings (SSSR count). The van der Waals surface area contributed by atoms with Gasteiger partial charge in [0, 0.05) is 19.4 Å². The molecular weight excluding hydrogens is 236 g/mol. The number of aromatic nitrogens is 1. The quantitative estimate of drug-likeness (QED) is 0.821. The third-order valence-electron chi connectivity index (χ3n) is 3.25. The van der Waals surface area contributed by atoms with Crippen LogP contribution >= 0.6 is 0 Å². The second-order valence-electron chi connectivity index (χ2n) is 4.61. The van der Waals surface area contributed by atoms with Gasteiger partial charge in [-0.1, -0.05) is 18.2 Å². The van der Waals surface area contributed by atoms with E-state index in [1.165, 1.54) is 0 Å². The summed E-state index contributed by atoms with van der Waals surface area (Å²) in [7, 11) is 2.09. The van der Waals surface area contributed by atoms with Gasteiger partial charge in [-0.2, -0.15) is 0 Å². The molecule has 0 radical (unpaired) electrons. The Morgan fingerprint density at radius 2 is 1.89 bits per heavy atom. The average Bonchev–Trinajstić information content (AvgIpc) is 2.46. The molecule has 3 nitrogen and oxygen atoms in total. The van der Waals surface area contributed by atoms with Gasteiger partial charge < -0.3 is 9.64 Å². The molecule has 0 N–H and O–H groups in total. The number of rotatable bonds is 2. The van der Waals surface area contributed by atoms with Gasteiger partial charge in [-0.25, -0.2) is 0 Å². The number of ether oxygens (including phenoxy) is 1. The highest BCUT2D eigenvalue weighted by molar-refractivity contribution is 5.73. The summed E-state index contributed by atoms with van der Waals surface area (Å²) in [5, 5.41) is 0. The first kappa shape index (κ1) is 11.8. The largest absolute Gasteiger partial charge is 0.490 e. The van der Waals surface area contributed by atoms with Crippen LogP contribution in [-0.2, 0) is 0 Å². The summed E-state index contributed by atoms with van der Waals surface area (Å²) in [5.41, 5.74) is 3.45. The number of nitrogens with zero attached hydrogens (tertiary/aromatic N) is 2. The number of hydrogen-bond donors (Lipinski definition) is 0. The maximum absolute atomic E-state index is 5.70. The van der Waals surface area contributed by atoms with Crippen LogP contribution in [0, 0.1) is 0 Å². The fourth-order valence-electron chi connectivity index (χ4n) is 2.15. The lowest BCUT2D eigenvalue weighted by Crippen LogP contribution is -2.28. The van der Waals surface area contributed by atoms with Gasteiger partial charge in [-0.05, 0) is 35.4 Å². The van der Waals surface area contributed by atoms with Crippen LogP contribution in [0.25, 0.3) is 12.2 Å². The Kier molecular flexibility index (Phi) is 3.19. The molecule has 0 saturated carbocycles. The van der Waals surface area contributed by atoms with Gasteiger partial charge in [-0.15, -0.1) is 0 Å². The topological polar surface area (TPSA) is 25.4 Å². The van der Waals surface area contributed by atoms with Crippen LogP contribution in [0.2, 0.25) is 0 Å². The van der Waals surface area contributed by atoms with Gasteiger partial charge in [0.25, 0.3) is 0 Å². The van der Waals surface area contributed by atoms with Gasteiger partial charge in [0.15, 0.2) is 0 Å². The minimum Gasteiger partial charge on any atom is -0.490 e. The normalized spacial score (nSPS) is 14.3. The Morgan fingerprint density at radius 1 is 1.11 bits per heavy atom. The van der Waals surface area contributed by atoms with Crippen LogP contribution in [0.1, 0.15) is 11.1 Å². The van der Waals surface area contributed by atoms with E-state index >= 15 is 0 Å². The number of benzene rings is 1. The lowest BCUT2D eigenvalue weighted by Gasteiger charge is -2.27.